The minimum atomic E-state index is -0.527. The van der Waals surface area contributed by atoms with Crippen molar-refractivity contribution in [3.63, 3.8) is 0 Å². The predicted molar refractivity (Wildman–Crippen MR) is 110 cm³/mol. The number of nitrogens with zero attached hydrogens (tertiary/aromatic N) is 3. The zero-order chi connectivity index (χ0) is 21.3. The SMILES string of the molecule is Cc1cc(NC(=O)c2cnn(-c3ccc(F)cc3)c2-n2cccc2)ccc1C(N)=O. The molecule has 0 fully saturated rings. The molecule has 0 aliphatic rings. The lowest BCUT2D eigenvalue weighted by Gasteiger charge is -2.12. The van der Waals surface area contributed by atoms with Crippen LogP contribution in [0, 0.1) is 12.7 Å². The number of primary amides is 1. The number of hydrogen-bond donors (Lipinski definition) is 2. The Labute approximate surface area is 171 Å². The smallest absolute Gasteiger partial charge is 0.261 e. The summed E-state index contributed by atoms with van der Waals surface area (Å²) in [5.41, 5.74) is 7.85. The Morgan fingerprint density at radius 1 is 1.03 bits per heavy atom. The molecule has 0 aliphatic carbocycles. The first kappa shape index (κ1) is 19.1. The van der Waals surface area contributed by atoms with Crippen molar-refractivity contribution in [1.82, 2.24) is 14.3 Å². The number of nitrogens with one attached hydrogen (secondary N) is 1. The van der Waals surface area contributed by atoms with Gasteiger partial charge in [0.15, 0.2) is 5.82 Å². The average Bonchev–Trinajstić information content (AvgIpc) is 3.38. The van der Waals surface area contributed by atoms with Gasteiger partial charge in [0.1, 0.15) is 11.4 Å². The van der Waals surface area contributed by atoms with E-state index in [0.717, 1.165) is 0 Å². The normalized spacial score (nSPS) is 10.7. The summed E-state index contributed by atoms with van der Waals surface area (Å²) in [6.07, 6.45) is 5.04. The number of rotatable bonds is 5. The topological polar surface area (TPSA) is 94.9 Å². The van der Waals surface area contributed by atoms with Crippen LogP contribution < -0.4 is 11.1 Å². The lowest BCUT2D eigenvalue weighted by Crippen LogP contribution is -2.16. The molecule has 30 heavy (non-hydrogen) atoms. The lowest BCUT2D eigenvalue weighted by atomic mass is 10.1. The molecule has 150 valence electrons. The van der Waals surface area contributed by atoms with Crippen LogP contribution in [0.15, 0.2) is 73.2 Å². The molecule has 4 rings (SSSR count). The Morgan fingerprint density at radius 3 is 2.37 bits per heavy atom. The third-order valence-corrected chi connectivity index (χ3v) is 4.66. The van der Waals surface area contributed by atoms with Crippen molar-refractivity contribution in [2.75, 3.05) is 5.32 Å². The average molecular weight is 403 g/mol. The number of aryl methyl sites for hydroxylation is 1. The van der Waals surface area contributed by atoms with E-state index < -0.39 is 5.91 Å². The molecule has 0 bridgehead atoms. The van der Waals surface area contributed by atoms with Crippen molar-refractivity contribution in [3.8, 4) is 11.5 Å². The summed E-state index contributed by atoms with van der Waals surface area (Å²) in [6, 6.07) is 14.4. The molecule has 7 nitrogen and oxygen atoms in total. The Morgan fingerprint density at radius 2 is 1.73 bits per heavy atom. The highest BCUT2D eigenvalue weighted by Crippen LogP contribution is 2.22. The highest BCUT2D eigenvalue weighted by atomic mass is 19.1. The molecule has 0 spiro atoms. The van der Waals surface area contributed by atoms with Crippen molar-refractivity contribution in [2.24, 2.45) is 5.73 Å². The minimum absolute atomic E-state index is 0.326. The van der Waals surface area contributed by atoms with E-state index in [4.69, 9.17) is 5.73 Å². The molecule has 2 aromatic heterocycles. The fraction of sp³-hybridized carbons (Fsp3) is 0.0455. The molecule has 4 aromatic rings. The molecule has 0 saturated heterocycles. The fourth-order valence-electron chi connectivity index (χ4n) is 3.21. The number of carbonyl (C=O) groups excluding carboxylic acids is 2. The first-order valence-corrected chi connectivity index (χ1v) is 9.13. The molecule has 2 amide bonds. The Hall–Kier alpha value is -4.20. The maximum absolute atomic E-state index is 13.3. The van der Waals surface area contributed by atoms with E-state index in [2.05, 4.69) is 10.4 Å². The van der Waals surface area contributed by atoms with E-state index in [1.54, 1.807) is 58.9 Å². The number of carbonyl (C=O) groups is 2. The van der Waals surface area contributed by atoms with Crippen molar-refractivity contribution in [2.45, 2.75) is 6.92 Å². The van der Waals surface area contributed by atoms with Crippen LogP contribution in [0.4, 0.5) is 10.1 Å². The number of aromatic nitrogens is 3. The van der Waals surface area contributed by atoms with Crippen LogP contribution in [-0.2, 0) is 0 Å². The molecular formula is C22H18FN5O2. The number of anilines is 1. The standard InChI is InChI=1S/C22H18FN5O2/c1-14-12-16(6-9-18(14)20(24)29)26-21(30)19-13-25-28(17-7-4-15(23)5-8-17)22(19)27-10-2-3-11-27/h2-13H,1H3,(H2,24,29)(H,26,30). The van der Waals surface area contributed by atoms with Crippen molar-refractivity contribution < 1.29 is 14.0 Å². The number of amides is 2. The third-order valence-electron chi connectivity index (χ3n) is 4.66. The predicted octanol–water partition coefficient (Wildman–Crippen LogP) is 3.46. The number of halogens is 1. The van der Waals surface area contributed by atoms with Crippen molar-refractivity contribution in [3.05, 3.63) is 95.7 Å². The Kier molecular flexibility index (Phi) is 4.89. The molecule has 0 saturated carbocycles. The van der Waals surface area contributed by atoms with E-state index in [1.807, 2.05) is 12.1 Å². The highest BCUT2D eigenvalue weighted by Gasteiger charge is 2.20. The van der Waals surface area contributed by atoms with Gasteiger partial charge in [0.25, 0.3) is 5.91 Å². The Balaban J connectivity index is 1.72. The summed E-state index contributed by atoms with van der Waals surface area (Å²) in [6.45, 7) is 1.74. The van der Waals surface area contributed by atoms with Crippen LogP contribution in [-0.4, -0.2) is 26.2 Å². The molecular weight excluding hydrogens is 385 g/mol. The molecule has 0 aliphatic heterocycles. The molecule has 2 aromatic carbocycles. The van der Waals surface area contributed by atoms with Gasteiger partial charge in [0, 0.05) is 23.6 Å². The van der Waals surface area contributed by atoms with Gasteiger partial charge in [-0.05, 0) is 67.1 Å². The zero-order valence-corrected chi connectivity index (χ0v) is 16.0. The minimum Gasteiger partial charge on any atom is -0.366 e. The Bertz CT molecular complexity index is 1230. The van der Waals surface area contributed by atoms with Gasteiger partial charge in [-0.3, -0.25) is 9.59 Å². The maximum atomic E-state index is 13.3. The summed E-state index contributed by atoms with van der Waals surface area (Å²) in [7, 11) is 0. The molecule has 3 N–H and O–H groups in total. The first-order chi connectivity index (χ1) is 14.4. The highest BCUT2D eigenvalue weighted by molar-refractivity contribution is 6.06. The third kappa shape index (κ3) is 3.58. The van der Waals surface area contributed by atoms with E-state index in [1.165, 1.54) is 18.3 Å². The van der Waals surface area contributed by atoms with Gasteiger partial charge < -0.3 is 15.6 Å². The van der Waals surface area contributed by atoms with Crippen LogP contribution in [0.3, 0.4) is 0 Å². The first-order valence-electron chi connectivity index (χ1n) is 9.13. The maximum Gasteiger partial charge on any atom is 0.261 e. The molecule has 0 atom stereocenters. The van der Waals surface area contributed by atoms with Crippen molar-refractivity contribution >= 4 is 17.5 Å². The van der Waals surface area contributed by atoms with E-state index in [9.17, 15) is 14.0 Å². The number of benzene rings is 2. The van der Waals surface area contributed by atoms with Gasteiger partial charge in [-0.15, -0.1) is 0 Å². The van der Waals surface area contributed by atoms with Crippen LogP contribution in [0.25, 0.3) is 11.5 Å². The summed E-state index contributed by atoms with van der Waals surface area (Å²) < 4.78 is 16.7. The van der Waals surface area contributed by atoms with E-state index in [0.29, 0.717) is 33.9 Å². The van der Waals surface area contributed by atoms with Crippen molar-refractivity contribution in [1.29, 1.82) is 0 Å². The van der Waals surface area contributed by atoms with Gasteiger partial charge in [-0.1, -0.05) is 0 Å². The molecule has 0 radical (unpaired) electrons. The number of nitrogens with two attached hydrogens (primary N) is 1. The monoisotopic (exact) mass is 403 g/mol. The van der Waals surface area contributed by atoms with Gasteiger partial charge in [0.05, 0.1) is 11.9 Å². The van der Waals surface area contributed by atoms with E-state index in [-0.39, 0.29) is 11.7 Å². The molecule has 8 heteroatoms. The van der Waals surface area contributed by atoms with Crippen LogP contribution in [0.5, 0.6) is 0 Å². The van der Waals surface area contributed by atoms with Crippen LogP contribution in [0.1, 0.15) is 26.3 Å². The number of hydrogen-bond acceptors (Lipinski definition) is 3. The second-order valence-corrected chi connectivity index (χ2v) is 6.71. The summed E-state index contributed by atoms with van der Waals surface area (Å²) >= 11 is 0. The lowest BCUT2D eigenvalue weighted by molar-refractivity contribution is 0.0997. The summed E-state index contributed by atoms with van der Waals surface area (Å²) in [5, 5.41) is 7.16. The van der Waals surface area contributed by atoms with Gasteiger partial charge in [-0.25, -0.2) is 9.07 Å². The molecule has 2 heterocycles. The summed E-state index contributed by atoms with van der Waals surface area (Å²) in [4.78, 5) is 24.4. The second kappa shape index (κ2) is 7.67. The van der Waals surface area contributed by atoms with Gasteiger partial charge in [0.2, 0.25) is 5.91 Å². The van der Waals surface area contributed by atoms with Crippen LogP contribution >= 0.6 is 0 Å². The zero-order valence-electron chi connectivity index (χ0n) is 16.0. The van der Waals surface area contributed by atoms with Gasteiger partial charge in [-0.2, -0.15) is 5.10 Å². The molecule has 0 unspecified atom stereocenters. The quantitative estimate of drug-likeness (QED) is 0.534. The van der Waals surface area contributed by atoms with Gasteiger partial charge >= 0.3 is 0 Å². The largest absolute Gasteiger partial charge is 0.366 e. The summed E-state index contributed by atoms with van der Waals surface area (Å²) in [5.74, 6) is -0.755. The second-order valence-electron chi connectivity index (χ2n) is 6.71. The van der Waals surface area contributed by atoms with E-state index >= 15 is 0 Å². The fourth-order valence-corrected chi connectivity index (χ4v) is 3.21. The van der Waals surface area contributed by atoms with Crippen LogP contribution in [0.2, 0.25) is 0 Å².